The zero-order valence-corrected chi connectivity index (χ0v) is 10.2. The van der Waals surface area contributed by atoms with Crippen LogP contribution >= 0.6 is 0 Å². The van der Waals surface area contributed by atoms with Crippen molar-refractivity contribution >= 4 is 6.09 Å². The van der Waals surface area contributed by atoms with E-state index in [-0.39, 0.29) is 13.2 Å². The van der Waals surface area contributed by atoms with E-state index in [0.29, 0.717) is 5.89 Å². The van der Waals surface area contributed by atoms with Gasteiger partial charge in [-0.15, -0.1) is 0 Å². The standard InChI is InChI=1S/C13H14N2O4/c14-13(17)19-8-11(12-15-5-6-18-12)10-4-2-1-3-9(10)7-16/h1-6,11,16H,7-8H2,(H2,14,17). The first kappa shape index (κ1) is 13.1. The van der Waals surface area contributed by atoms with Gasteiger partial charge in [-0.1, -0.05) is 24.3 Å². The van der Waals surface area contributed by atoms with Gasteiger partial charge in [0.05, 0.1) is 18.7 Å². The Balaban J connectivity index is 2.33. The maximum absolute atomic E-state index is 10.8. The molecule has 0 aliphatic carbocycles. The molecule has 2 rings (SSSR count). The second kappa shape index (κ2) is 6.01. The number of hydrogen-bond acceptors (Lipinski definition) is 5. The number of carbonyl (C=O) groups is 1. The molecule has 0 aliphatic heterocycles. The Morgan fingerprint density at radius 1 is 1.47 bits per heavy atom. The zero-order valence-electron chi connectivity index (χ0n) is 10.2. The molecule has 6 nitrogen and oxygen atoms in total. The fourth-order valence-corrected chi connectivity index (χ4v) is 1.88. The predicted octanol–water partition coefficient (Wildman–Crippen LogP) is 1.39. The van der Waals surface area contributed by atoms with Crippen LogP contribution in [0.25, 0.3) is 0 Å². The molecular formula is C13H14N2O4. The molecule has 0 radical (unpaired) electrons. The van der Waals surface area contributed by atoms with Gasteiger partial charge in [0.1, 0.15) is 12.9 Å². The van der Waals surface area contributed by atoms with Crippen LogP contribution < -0.4 is 5.73 Å². The second-order valence-electron chi connectivity index (χ2n) is 3.91. The molecule has 1 aromatic carbocycles. The molecule has 0 aliphatic rings. The van der Waals surface area contributed by atoms with Gasteiger partial charge in [0, 0.05) is 0 Å². The number of ether oxygens (including phenoxy) is 1. The highest BCUT2D eigenvalue weighted by molar-refractivity contribution is 5.64. The molecule has 0 bridgehead atoms. The number of aliphatic hydroxyl groups is 1. The summed E-state index contributed by atoms with van der Waals surface area (Å²) in [7, 11) is 0. The Hall–Kier alpha value is -2.34. The van der Waals surface area contributed by atoms with Crippen LogP contribution in [0.5, 0.6) is 0 Å². The highest BCUT2D eigenvalue weighted by Crippen LogP contribution is 2.26. The van der Waals surface area contributed by atoms with E-state index in [4.69, 9.17) is 14.9 Å². The van der Waals surface area contributed by atoms with Crippen LogP contribution in [0.15, 0.2) is 41.1 Å². The zero-order chi connectivity index (χ0) is 13.7. The second-order valence-corrected chi connectivity index (χ2v) is 3.91. The van der Waals surface area contributed by atoms with Crippen LogP contribution in [0, 0.1) is 0 Å². The van der Waals surface area contributed by atoms with Crippen molar-refractivity contribution in [1.82, 2.24) is 4.98 Å². The van der Waals surface area contributed by atoms with Gasteiger partial charge in [0.25, 0.3) is 0 Å². The molecule has 19 heavy (non-hydrogen) atoms. The normalized spacial score (nSPS) is 12.1. The Morgan fingerprint density at radius 2 is 2.26 bits per heavy atom. The number of benzene rings is 1. The summed E-state index contributed by atoms with van der Waals surface area (Å²) in [5.41, 5.74) is 6.49. The van der Waals surface area contributed by atoms with E-state index in [1.54, 1.807) is 6.07 Å². The minimum atomic E-state index is -0.863. The summed E-state index contributed by atoms with van der Waals surface area (Å²) in [6.45, 7) is -0.114. The quantitative estimate of drug-likeness (QED) is 0.848. The van der Waals surface area contributed by atoms with E-state index in [2.05, 4.69) is 4.98 Å². The Labute approximate surface area is 109 Å². The predicted molar refractivity (Wildman–Crippen MR) is 66.2 cm³/mol. The van der Waals surface area contributed by atoms with Crippen LogP contribution in [0.3, 0.4) is 0 Å². The van der Waals surface area contributed by atoms with Gasteiger partial charge in [0.15, 0.2) is 0 Å². The molecule has 1 atom stereocenters. The average molecular weight is 262 g/mol. The lowest BCUT2D eigenvalue weighted by Crippen LogP contribution is -2.19. The molecule has 1 heterocycles. The van der Waals surface area contributed by atoms with Gasteiger partial charge in [-0.05, 0) is 11.1 Å². The highest BCUT2D eigenvalue weighted by Gasteiger charge is 2.22. The van der Waals surface area contributed by atoms with Crippen LogP contribution in [0.2, 0.25) is 0 Å². The summed E-state index contributed by atoms with van der Waals surface area (Å²) in [6, 6.07) is 7.26. The van der Waals surface area contributed by atoms with Crippen molar-refractivity contribution in [3.8, 4) is 0 Å². The Morgan fingerprint density at radius 3 is 2.89 bits per heavy atom. The first-order chi connectivity index (χ1) is 9.22. The third-order valence-corrected chi connectivity index (χ3v) is 2.74. The molecule has 1 unspecified atom stereocenters. The number of nitrogens with zero attached hydrogens (tertiary/aromatic N) is 1. The van der Waals surface area contributed by atoms with E-state index in [9.17, 15) is 9.90 Å². The number of oxazole rings is 1. The SMILES string of the molecule is NC(=O)OCC(c1ncco1)c1ccccc1CO. The minimum Gasteiger partial charge on any atom is -0.449 e. The lowest BCUT2D eigenvalue weighted by atomic mass is 9.95. The van der Waals surface area contributed by atoms with Crippen molar-refractivity contribution in [1.29, 1.82) is 0 Å². The summed E-state index contributed by atoms with van der Waals surface area (Å²) in [5.74, 6) is 0.00741. The van der Waals surface area contributed by atoms with Crippen molar-refractivity contribution in [2.45, 2.75) is 12.5 Å². The lowest BCUT2D eigenvalue weighted by Gasteiger charge is -2.16. The molecule has 0 saturated carbocycles. The molecule has 0 fully saturated rings. The number of nitrogens with two attached hydrogens (primary N) is 1. The van der Waals surface area contributed by atoms with Crippen LogP contribution in [0.1, 0.15) is 22.9 Å². The number of rotatable bonds is 5. The van der Waals surface area contributed by atoms with E-state index in [0.717, 1.165) is 11.1 Å². The molecule has 1 amide bonds. The molecule has 6 heteroatoms. The maximum atomic E-state index is 10.8. The van der Waals surface area contributed by atoms with Crippen molar-refractivity contribution < 1.29 is 19.1 Å². The molecule has 3 N–H and O–H groups in total. The van der Waals surface area contributed by atoms with Crippen LogP contribution in [0.4, 0.5) is 4.79 Å². The van der Waals surface area contributed by atoms with Gasteiger partial charge < -0.3 is 20.0 Å². The number of amides is 1. The van der Waals surface area contributed by atoms with Gasteiger partial charge in [-0.3, -0.25) is 0 Å². The van der Waals surface area contributed by atoms with Gasteiger partial charge >= 0.3 is 6.09 Å². The lowest BCUT2D eigenvalue weighted by molar-refractivity contribution is 0.149. The van der Waals surface area contributed by atoms with Gasteiger partial charge in [-0.25, -0.2) is 9.78 Å². The summed E-state index contributed by atoms with van der Waals surface area (Å²) in [6.07, 6.45) is 2.08. The maximum Gasteiger partial charge on any atom is 0.404 e. The first-order valence-electron chi connectivity index (χ1n) is 5.72. The van der Waals surface area contributed by atoms with E-state index < -0.39 is 12.0 Å². The molecule has 1 aromatic heterocycles. The molecule has 0 saturated heterocycles. The molecule has 2 aromatic rings. The highest BCUT2D eigenvalue weighted by atomic mass is 16.5. The number of carbonyl (C=O) groups excluding carboxylic acids is 1. The number of aliphatic hydroxyl groups excluding tert-OH is 1. The molecular weight excluding hydrogens is 248 g/mol. The number of aromatic nitrogens is 1. The summed E-state index contributed by atoms with van der Waals surface area (Å²) in [5, 5.41) is 9.36. The largest absolute Gasteiger partial charge is 0.449 e. The van der Waals surface area contributed by atoms with Gasteiger partial charge in [0.2, 0.25) is 5.89 Å². The molecule has 100 valence electrons. The van der Waals surface area contributed by atoms with Crippen molar-refractivity contribution in [2.75, 3.05) is 6.61 Å². The average Bonchev–Trinajstić information content (AvgIpc) is 2.93. The fraction of sp³-hybridized carbons (Fsp3) is 0.231. The topological polar surface area (TPSA) is 98.6 Å². The van der Waals surface area contributed by atoms with E-state index >= 15 is 0 Å². The third kappa shape index (κ3) is 3.11. The third-order valence-electron chi connectivity index (χ3n) is 2.74. The van der Waals surface area contributed by atoms with Gasteiger partial charge in [-0.2, -0.15) is 0 Å². The Bertz CT molecular complexity index is 539. The summed E-state index contributed by atoms with van der Waals surface area (Å²) < 4.78 is 10.1. The van der Waals surface area contributed by atoms with E-state index in [1.807, 2.05) is 18.2 Å². The Kier molecular flexibility index (Phi) is 4.15. The monoisotopic (exact) mass is 262 g/mol. The number of primary amides is 1. The smallest absolute Gasteiger partial charge is 0.404 e. The van der Waals surface area contributed by atoms with Crippen molar-refractivity contribution in [3.05, 3.63) is 53.7 Å². The van der Waals surface area contributed by atoms with Crippen LogP contribution in [-0.4, -0.2) is 22.8 Å². The molecule has 0 spiro atoms. The van der Waals surface area contributed by atoms with Crippen LogP contribution in [-0.2, 0) is 11.3 Å². The number of hydrogen-bond donors (Lipinski definition) is 2. The van der Waals surface area contributed by atoms with E-state index in [1.165, 1.54) is 12.5 Å². The first-order valence-corrected chi connectivity index (χ1v) is 5.72. The van der Waals surface area contributed by atoms with Crippen molar-refractivity contribution in [2.24, 2.45) is 5.73 Å². The summed E-state index contributed by atoms with van der Waals surface area (Å²) in [4.78, 5) is 14.8. The summed E-state index contributed by atoms with van der Waals surface area (Å²) >= 11 is 0. The van der Waals surface area contributed by atoms with Crippen molar-refractivity contribution in [3.63, 3.8) is 0 Å². The fourth-order valence-electron chi connectivity index (χ4n) is 1.88. The minimum absolute atomic E-state index is 0.00681.